The predicted octanol–water partition coefficient (Wildman–Crippen LogP) is 3.35. The number of rotatable bonds is 5. The lowest BCUT2D eigenvalue weighted by Crippen LogP contribution is -2.42. The molecule has 1 aliphatic carbocycles. The molecule has 1 aromatic carbocycles. The second kappa shape index (κ2) is 6.49. The van der Waals surface area contributed by atoms with Gasteiger partial charge in [0.05, 0.1) is 7.11 Å². The smallest absolute Gasteiger partial charge is 0.165 e. The van der Waals surface area contributed by atoms with Crippen LogP contribution in [-0.2, 0) is 5.41 Å². The summed E-state index contributed by atoms with van der Waals surface area (Å²) < 4.78 is 12.0. The van der Waals surface area contributed by atoms with Crippen LogP contribution in [-0.4, -0.2) is 31.3 Å². The van der Waals surface area contributed by atoms with Crippen molar-refractivity contribution >= 4 is 11.8 Å². The summed E-state index contributed by atoms with van der Waals surface area (Å²) in [6.07, 6.45) is 6.14. The van der Waals surface area contributed by atoms with Crippen LogP contribution in [0.25, 0.3) is 0 Å². The highest BCUT2D eigenvalue weighted by Crippen LogP contribution is 2.49. The summed E-state index contributed by atoms with van der Waals surface area (Å²) >= 11 is 2.02. The average molecular weight is 307 g/mol. The van der Waals surface area contributed by atoms with Crippen molar-refractivity contribution in [1.29, 1.82) is 0 Å². The van der Waals surface area contributed by atoms with Crippen molar-refractivity contribution in [3.8, 4) is 11.5 Å². The molecule has 0 unspecified atom stereocenters. The van der Waals surface area contributed by atoms with Crippen LogP contribution in [0.15, 0.2) is 18.2 Å². The van der Waals surface area contributed by atoms with Gasteiger partial charge < -0.3 is 15.2 Å². The van der Waals surface area contributed by atoms with Crippen molar-refractivity contribution in [2.75, 3.05) is 25.2 Å². The van der Waals surface area contributed by atoms with Gasteiger partial charge in [-0.2, -0.15) is 11.8 Å². The number of para-hydroxylation sites is 1. The molecule has 2 fully saturated rings. The Morgan fingerprint density at radius 2 is 2.05 bits per heavy atom. The van der Waals surface area contributed by atoms with Crippen LogP contribution < -0.4 is 15.2 Å². The summed E-state index contributed by atoms with van der Waals surface area (Å²) in [6.45, 7) is 0.692. The van der Waals surface area contributed by atoms with E-state index in [2.05, 4.69) is 12.1 Å². The molecule has 1 saturated carbocycles. The van der Waals surface area contributed by atoms with Crippen molar-refractivity contribution in [1.82, 2.24) is 0 Å². The first kappa shape index (κ1) is 15.0. The zero-order valence-corrected chi connectivity index (χ0v) is 13.6. The van der Waals surface area contributed by atoms with Crippen molar-refractivity contribution in [3.05, 3.63) is 23.8 Å². The molecule has 1 saturated heterocycles. The molecule has 0 spiro atoms. The Hall–Kier alpha value is -0.870. The highest BCUT2D eigenvalue weighted by molar-refractivity contribution is 7.99. The normalized spacial score (nSPS) is 21.6. The largest absolute Gasteiger partial charge is 0.493 e. The van der Waals surface area contributed by atoms with E-state index in [4.69, 9.17) is 15.2 Å². The maximum Gasteiger partial charge on any atom is 0.165 e. The number of thioether (sulfide) groups is 1. The molecule has 0 atom stereocenters. The van der Waals surface area contributed by atoms with Gasteiger partial charge in [0.15, 0.2) is 11.5 Å². The molecule has 2 aliphatic rings. The lowest BCUT2D eigenvalue weighted by Gasteiger charge is -2.42. The maximum absolute atomic E-state index is 6.40. The van der Waals surface area contributed by atoms with E-state index in [1.165, 1.54) is 23.5 Å². The van der Waals surface area contributed by atoms with Gasteiger partial charge in [-0.15, -0.1) is 0 Å². The molecule has 1 aromatic rings. The monoisotopic (exact) mass is 307 g/mol. The van der Waals surface area contributed by atoms with Gasteiger partial charge in [-0.25, -0.2) is 0 Å². The molecule has 3 rings (SSSR count). The minimum absolute atomic E-state index is 0.104. The molecule has 4 heteroatoms. The Balaban J connectivity index is 1.91. The quantitative estimate of drug-likeness (QED) is 0.906. The van der Waals surface area contributed by atoms with Gasteiger partial charge in [-0.3, -0.25) is 0 Å². The van der Waals surface area contributed by atoms with Gasteiger partial charge in [-0.05, 0) is 43.3 Å². The van der Waals surface area contributed by atoms with E-state index in [9.17, 15) is 0 Å². The third-order valence-corrected chi connectivity index (χ3v) is 5.97. The van der Waals surface area contributed by atoms with E-state index in [0.29, 0.717) is 12.6 Å². The Morgan fingerprint density at radius 1 is 1.29 bits per heavy atom. The molecule has 2 N–H and O–H groups in total. The summed E-state index contributed by atoms with van der Waals surface area (Å²) in [5.74, 6) is 4.18. The van der Waals surface area contributed by atoms with Gasteiger partial charge in [-0.1, -0.05) is 18.6 Å². The van der Waals surface area contributed by atoms with Crippen LogP contribution in [0.4, 0.5) is 0 Å². The average Bonchev–Trinajstić information content (AvgIpc) is 2.49. The Morgan fingerprint density at radius 3 is 2.62 bits per heavy atom. The second-order valence-corrected chi connectivity index (χ2v) is 7.33. The Labute approximate surface area is 131 Å². The summed E-state index contributed by atoms with van der Waals surface area (Å²) in [5.41, 5.74) is 7.46. The van der Waals surface area contributed by atoms with Gasteiger partial charge in [0.2, 0.25) is 0 Å². The van der Waals surface area contributed by atoms with Gasteiger partial charge in [0.25, 0.3) is 0 Å². The summed E-state index contributed by atoms with van der Waals surface area (Å²) in [7, 11) is 1.72. The summed E-state index contributed by atoms with van der Waals surface area (Å²) in [4.78, 5) is 0. The van der Waals surface area contributed by atoms with Crippen molar-refractivity contribution in [3.63, 3.8) is 0 Å². The number of methoxy groups -OCH3 is 1. The van der Waals surface area contributed by atoms with Gasteiger partial charge >= 0.3 is 0 Å². The topological polar surface area (TPSA) is 44.5 Å². The van der Waals surface area contributed by atoms with Crippen LogP contribution >= 0.6 is 11.8 Å². The van der Waals surface area contributed by atoms with Crippen LogP contribution in [0.5, 0.6) is 11.5 Å². The van der Waals surface area contributed by atoms with E-state index in [0.717, 1.165) is 37.2 Å². The van der Waals surface area contributed by atoms with E-state index in [1.807, 2.05) is 17.8 Å². The van der Waals surface area contributed by atoms with Gasteiger partial charge in [0.1, 0.15) is 6.10 Å². The molecule has 1 heterocycles. The molecule has 21 heavy (non-hydrogen) atoms. The van der Waals surface area contributed by atoms with Crippen molar-refractivity contribution < 1.29 is 9.47 Å². The molecule has 0 radical (unpaired) electrons. The lowest BCUT2D eigenvalue weighted by atomic mass is 9.64. The van der Waals surface area contributed by atoms with Gasteiger partial charge in [0, 0.05) is 17.5 Å². The highest BCUT2D eigenvalue weighted by atomic mass is 32.2. The van der Waals surface area contributed by atoms with Crippen LogP contribution in [0.3, 0.4) is 0 Å². The molecule has 116 valence electrons. The molecule has 0 amide bonds. The Bertz CT molecular complexity index is 476. The summed E-state index contributed by atoms with van der Waals surface area (Å²) in [6, 6.07) is 6.24. The first-order valence-corrected chi connectivity index (χ1v) is 9.06. The maximum atomic E-state index is 6.40. The van der Waals surface area contributed by atoms with Crippen LogP contribution in [0.2, 0.25) is 0 Å². The number of ether oxygens (including phenoxy) is 2. The predicted molar refractivity (Wildman–Crippen MR) is 88.6 cm³/mol. The van der Waals surface area contributed by atoms with E-state index < -0.39 is 0 Å². The minimum atomic E-state index is 0.104. The molecule has 0 bridgehead atoms. The number of nitrogens with two attached hydrogens (primary N) is 1. The lowest BCUT2D eigenvalue weighted by molar-refractivity contribution is 0.169. The number of hydrogen-bond acceptors (Lipinski definition) is 4. The zero-order chi connectivity index (χ0) is 14.7. The van der Waals surface area contributed by atoms with E-state index in [-0.39, 0.29) is 5.41 Å². The molecular weight excluding hydrogens is 282 g/mol. The van der Waals surface area contributed by atoms with Crippen molar-refractivity contribution in [2.45, 2.75) is 43.6 Å². The third kappa shape index (κ3) is 2.88. The SMILES string of the molecule is COc1cccc(C2(CN)CCC2)c1OC1CCSCC1. The number of benzene rings is 1. The standard InChI is InChI=1S/C17H25NO2S/c1-19-15-5-2-4-14(17(12-18)8-3-9-17)16(15)20-13-6-10-21-11-7-13/h2,4-5,13H,3,6-12,18H2,1H3. The fourth-order valence-electron chi connectivity index (χ4n) is 3.36. The van der Waals surface area contributed by atoms with Crippen LogP contribution in [0.1, 0.15) is 37.7 Å². The molecule has 3 nitrogen and oxygen atoms in total. The number of hydrogen-bond donors (Lipinski definition) is 1. The molecule has 0 aromatic heterocycles. The molecular formula is C17H25NO2S. The first-order valence-electron chi connectivity index (χ1n) is 7.91. The van der Waals surface area contributed by atoms with Crippen molar-refractivity contribution in [2.24, 2.45) is 5.73 Å². The summed E-state index contributed by atoms with van der Waals surface area (Å²) in [5, 5.41) is 0. The van der Waals surface area contributed by atoms with E-state index >= 15 is 0 Å². The second-order valence-electron chi connectivity index (χ2n) is 6.10. The third-order valence-electron chi connectivity index (χ3n) is 4.92. The molecule has 1 aliphatic heterocycles. The fraction of sp³-hybridized carbons (Fsp3) is 0.647. The Kier molecular flexibility index (Phi) is 4.65. The minimum Gasteiger partial charge on any atom is -0.493 e. The highest BCUT2D eigenvalue weighted by Gasteiger charge is 2.40. The van der Waals surface area contributed by atoms with E-state index in [1.54, 1.807) is 7.11 Å². The zero-order valence-electron chi connectivity index (χ0n) is 12.8. The first-order chi connectivity index (χ1) is 10.3. The van der Waals surface area contributed by atoms with Crippen LogP contribution in [0, 0.1) is 0 Å². The fourth-order valence-corrected chi connectivity index (χ4v) is 4.43.